The summed E-state index contributed by atoms with van der Waals surface area (Å²) >= 11 is 11.3. The zero-order valence-electron chi connectivity index (χ0n) is 12.7. The van der Waals surface area contributed by atoms with E-state index >= 15 is 0 Å². The highest BCUT2D eigenvalue weighted by molar-refractivity contribution is 7.80. The van der Waals surface area contributed by atoms with Gasteiger partial charge in [0.1, 0.15) is 0 Å². The molecule has 5 nitrogen and oxygen atoms in total. The molecular weight excluding hydrogens is 334 g/mol. The third kappa shape index (κ3) is 4.64. The van der Waals surface area contributed by atoms with Gasteiger partial charge in [0, 0.05) is 17.8 Å². The van der Waals surface area contributed by atoms with Crippen molar-refractivity contribution in [2.75, 3.05) is 10.6 Å². The number of thiocarbonyl (C=S) groups is 1. The molecule has 0 saturated heterocycles. The number of anilines is 2. The van der Waals surface area contributed by atoms with Gasteiger partial charge >= 0.3 is 0 Å². The van der Waals surface area contributed by atoms with Crippen LogP contribution < -0.4 is 10.6 Å². The molecule has 0 saturated carbocycles. The van der Waals surface area contributed by atoms with Crippen molar-refractivity contribution in [1.29, 1.82) is 0 Å². The zero-order chi connectivity index (χ0) is 17.0. The summed E-state index contributed by atoms with van der Waals surface area (Å²) in [7, 11) is 0. The van der Waals surface area contributed by atoms with Crippen LogP contribution in [0.3, 0.4) is 0 Å². The molecule has 7 heteroatoms. The van der Waals surface area contributed by atoms with Crippen LogP contribution >= 0.6 is 23.8 Å². The molecule has 2 rings (SSSR count). The van der Waals surface area contributed by atoms with Crippen molar-refractivity contribution in [1.82, 2.24) is 0 Å². The Kier molecular flexibility index (Phi) is 5.52. The minimum absolute atomic E-state index is 0.0660. The maximum absolute atomic E-state index is 10.7. The minimum Gasteiger partial charge on any atom is -0.332 e. The van der Waals surface area contributed by atoms with Crippen molar-refractivity contribution in [2.45, 2.75) is 19.8 Å². The van der Waals surface area contributed by atoms with E-state index in [1.807, 2.05) is 24.3 Å². The molecule has 0 amide bonds. The van der Waals surface area contributed by atoms with Crippen LogP contribution in [-0.2, 0) is 0 Å². The van der Waals surface area contributed by atoms with Crippen LogP contribution in [0.5, 0.6) is 0 Å². The lowest BCUT2D eigenvalue weighted by Crippen LogP contribution is -2.19. The van der Waals surface area contributed by atoms with Gasteiger partial charge in [-0.2, -0.15) is 0 Å². The van der Waals surface area contributed by atoms with E-state index in [1.165, 1.54) is 23.8 Å². The van der Waals surface area contributed by atoms with Gasteiger partial charge in [-0.1, -0.05) is 37.6 Å². The van der Waals surface area contributed by atoms with Gasteiger partial charge in [-0.15, -0.1) is 0 Å². The average molecular weight is 350 g/mol. The standard InChI is InChI=1S/C16H16ClN3O2S/c1-10(2)11-3-5-12(6-4-11)18-16(23)19-15-8-7-13(20(21)22)9-14(15)17/h3-10H,1-2H3,(H2,18,19,23). The predicted octanol–water partition coefficient (Wildman–Crippen LogP) is 5.18. The van der Waals surface area contributed by atoms with E-state index in [4.69, 9.17) is 23.8 Å². The van der Waals surface area contributed by atoms with Gasteiger partial charge in [0.05, 0.1) is 15.6 Å². The molecule has 2 aromatic carbocycles. The number of nitro groups is 1. The van der Waals surface area contributed by atoms with Crippen molar-refractivity contribution in [3.63, 3.8) is 0 Å². The van der Waals surface area contributed by atoms with Gasteiger partial charge in [-0.3, -0.25) is 10.1 Å². The average Bonchev–Trinajstić information content (AvgIpc) is 2.49. The summed E-state index contributed by atoms with van der Waals surface area (Å²) in [5, 5.41) is 17.3. The number of hydrogen-bond acceptors (Lipinski definition) is 3. The van der Waals surface area contributed by atoms with Gasteiger partial charge in [0.15, 0.2) is 5.11 Å². The van der Waals surface area contributed by atoms with E-state index in [1.54, 1.807) is 0 Å². The molecule has 0 atom stereocenters. The van der Waals surface area contributed by atoms with Gasteiger partial charge < -0.3 is 10.6 Å². The van der Waals surface area contributed by atoms with Crippen LogP contribution in [0.2, 0.25) is 5.02 Å². The van der Waals surface area contributed by atoms with Crippen molar-refractivity contribution >= 4 is 46.0 Å². The molecule has 0 aliphatic carbocycles. The lowest BCUT2D eigenvalue weighted by atomic mass is 10.0. The van der Waals surface area contributed by atoms with Crippen LogP contribution in [-0.4, -0.2) is 10.0 Å². The van der Waals surface area contributed by atoms with Gasteiger partial charge in [0.25, 0.3) is 5.69 Å². The highest BCUT2D eigenvalue weighted by Gasteiger charge is 2.10. The normalized spacial score (nSPS) is 10.4. The molecule has 0 spiro atoms. The number of rotatable bonds is 4. The molecule has 0 bridgehead atoms. The second-order valence-electron chi connectivity index (χ2n) is 5.28. The molecule has 120 valence electrons. The number of benzene rings is 2. The quantitative estimate of drug-likeness (QED) is 0.452. The molecular formula is C16H16ClN3O2S. The first kappa shape index (κ1) is 17.2. The summed E-state index contributed by atoms with van der Waals surface area (Å²) in [4.78, 5) is 10.2. The fourth-order valence-corrected chi connectivity index (χ4v) is 2.40. The molecule has 0 aromatic heterocycles. The Morgan fingerprint density at radius 3 is 2.35 bits per heavy atom. The first-order chi connectivity index (χ1) is 10.9. The van der Waals surface area contributed by atoms with Gasteiger partial charge in [-0.25, -0.2) is 0 Å². The molecule has 0 fully saturated rings. The summed E-state index contributed by atoms with van der Waals surface area (Å²) in [6.45, 7) is 4.26. The minimum atomic E-state index is -0.498. The maximum atomic E-state index is 10.7. The first-order valence-corrected chi connectivity index (χ1v) is 7.77. The summed E-state index contributed by atoms with van der Waals surface area (Å²) in [6, 6.07) is 12.1. The zero-order valence-corrected chi connectivity index (χ0v) is 14.2. The van der Waals surface area contributed by atoms with Gasteiger partial charge in [0.2, 0.25) is 0 Å². The largest absolute Gasteiger partial charge is 0.332 e. The Bertz CT molecular complexity index is 733. The van der Waals surface area contributed by atoms with E-state index in [9.17, 15) is 10.1 Å². The maximum Gasteiger partial charge on any atom is 0.271 e. The van der Waals surface area contributed by atoms with E-state index in [0.29, 0.717) is 16.7 Å². The van der Waals surface area contributed by atoms with Crippen molar-refractivity contribution < 1.29 is 4.92 Å². The second kappa shape index (κ2) is 7.39. The van der Waals surface area contributed by atoms with Crippen molar-refractivity contribution in [3.05, 3.63) is 63.2 Å². The van der Waals surface area contributed by atoms with Crippen LogP contribution in [0, 0.1) is 10.1 Å². The molecule has 0 aliphatic rings. The van der Waals surface area contributed by atoms with Crippen molar-refractivity contribution in [3.8, 4) is 0 Å². The monoisotopic (exact) mass is 349 g/mol. The Hall–Kier alpha value is -2.18. The van der Waals surface area contributed by atoms with Gasteiger partial charge in [-0.05, 0) is 41.9 Å². The highest BCUT2D eigenvalue weighted by atomic mass is 35.5. The number of hydrogen-bond donors (Lipinski definition) is 2. The number of nitrogens with one attached hydrogen (secondary N) is 2. The lowest BCUT2D eigenvalue weighted by Gasteiger charge is -2.12. The molecule has 23 heavy (non-hydrogen) atoms. The van der Waals surface area contributed by atoms with E-state index in [-0.39, 0.29) is 10.7 Å². The fourth-order valence-electron chi connectivity index (χ4n) is 1.95. The summed E-state index contributed by atoms with van der Waals surface area (Å²) in [5.41, 5.74) is 2.54. The van der Waals surface area contributed by atoms with E-state index in [0.717, 1.165) is 5.69 Å². The Morgan fingerprint density at radius 2 is 1.83 bits per heavy atom. The number of nitro benzene ring substituents is 1. The number of halogens is 1. The SMILES string of the molecule is CC(C)c1ccc(NC(=S)Nc2ccc([N+](=O)[O-])cc2Cl)cc1. The number of non-ortho nitro benzene ring substituents is 1. The summed E-state index contributed by atoms with van der Waals surface area (Å²) in [6.07, 6.45) is 0. The molecule has 0 heterocycles. The van der Waals surface area contributed by atoms with Crippen LogP contribution in [0.15, 0.2) is 42.5 Å². The first-order valence-electron chi connectivity index (χ1n) is 6.98. The summed E-state index contributed by atoms with van der Waals surface area (Å²) < 4.78 is 0. The summed E-state index contributed by atoms with van der Waals surface area (Å²) in [5.74, 6) is 0.466. The van der Waals surface area contributed by atoms with Crippen LogP contribution in [0.4, 0.5) is 17.1 Å². The van der Waals surface area contributed by atoms with Crippen LogP contribution in [0.1, 0.15) is 25.3 Å². The Balaban J connectivity index is 2.03. The molecule has 0 unspecified atom stereocenters. The van der Waals surface area contributed by atoms with Crippen molar-refractivity contribution in [2.24, 2.45) is 0 Å². The van der Waals surface area contributed by atoms with Crippen LogP contribution in [0.25, 0.3) is 0 Å². The third-order valence-electron chi connectivity index (χ3n) is 3.25. The highest BCUT2D eigenvalue weighted by Crippen LogP contribution is 2.27. The van der Waals surface area contributed by atoms with E-state index in [2.05, 4.69) is 24.5 Å². The molecule has 2 aromatic rings. The lowest BCUT2D eigenvalue weighted by molar-refractivity contribution is -0.384. The van der Waals surface area contributed by atoms with E-state index < -0.39 is 4.92 Å². The smallest absolute Gasteiger partial charge is 0.271 e. The molecule has 2 N–H and O–H groups in total. The molecule has 0 aliphatic heterocycles. The topological polar surface area (TPSA) is 67.2 Å². The Morgan fingerprint density at radius 1 is 1.17 bits per heavy atom. The number of nitrogens with zero attached hydrogens (tertiary/aromatic N) is 1. The second-order valence-corrected chi connectivity index (χ2v) is 6.09. The fraction of sp³-hybridized carbons (Fsp3) is 0.188. The Labute approximate surface area is 144 Å². The third-order valence-corrected chi connectivity index (χ3v) is 3.76. The molecule has 0 radical (unpaired) electrons. The predicted molar refractivity (Wildman–Crippen MR) is 98.5 cm³/mol.